The zero-order valence-corrected chi connectivity index (χ0v) is 8.89. The summed E-state index contributed by atoms with van der Waals surface area (Å²) in [5, 5.41) is 21.2. The van der Waals surface area contributed by atoms with Crippen molar-refractivity contribution in [3.63, 3.8) is 0 Å². The Balaban J connectivity index is 2.48. The Bertz CT molecular complexity index is 573. The maximum absolute atomic E-state index is 10.6. The Hall–Kier alpha value is -2.90. The molecule has 0 saturated carbocycles. The normalized spacial score (nSPS) is 10.0. The van der Waals surface area contributed by atoms with Crippen LogP contribution in [0.2, 0.25) is 0 Å². The van der Waals surface area contributed by atoms with Gasteiger partial charge in [-0.1, -0.05) is 0 Å². The first-order valence-corrected chi connectivity index (χ1v) is 4.79. The molecule has 0 radical (unpaired) electrons. The van der Waals surface area contributed by atoms with Crippen LogP contribution in [-0.4, -0.2) is 19.8 Å². The Kier molecular flexibility index (Phi) is 2.92. The van der Waals surface area contributed by atoms with Gasteiger partial charge in [-0.05, 0) is 0 Å². The third-order valence-electron chi connectivity index (χ3n) is 2.17. The summed E-state index contributed by atoms with van der Waals surface area (Å²) in [6, 6.07) is 4.90. The minimum absolute atomic E-state index is 0.145. The molecule has 0 aliphatic carbocycles. The van der Waals surface area contributed by atoms with E-state index in [0.29, 0.717) is 0 Å². The summed E-state index contributed by atoms with van der Waals surface area (Å²) < 4.78 is 0. The third kappa shape index (κ3) is 2.26. The van der Waals surface area contributed by atoms with Crippen LogP contribution >= 0.6 is 0 Å². The van der Waals surface area contributed by atoms with Crippen LogP contribution in [0.1, 0.15) is 0 Å². The van der Waals surface area contributed by atoms with Crippen molar-refractivity contribution in [1.29, 1.82) is 0 Å². The lowest BCUT2D eigenvalue weighted by atomic mass is 10.2. The van der Waals surface area contributed by atoms with E-state index in [0.717, 1.165) is 0 Å². The van der Waals surface area contributed by atoms with Gasteiger partial charge in [0, 0.05) is 36.7 Å². The molecule has 0 bridgehead atoms. The van der Waals surface area contributed by atoms with Gasteiger partial charge in [-0.25, -0.2) is 0 Å². The van der Waals surface area contributed by atoms with Crippen molar-refractivity contribution in [1.82, 2.24) is 9.97 Å². The van der Waals surface area contributed by atoms with E-state index in [2.05, 4.69) is 9.97 Å². The van der Waals surface area contributed by atoms with Gasteiger partial charge in [-0.15, -0.1) is 0 Å². The molecule has 90 valence electrons. The molecular formula is C10H6N4O4. The highest BCUT2D eigenvalue weighted by Gasteiger charge is 2.12. The van der Waals surface area contributed by atoms with Crippen molar-refractivity contribution in [2.75, 3.05) is 0 Å². The molecule has 0 atom stereocenters. The van der Waals surface area contributed by atoms with Gasteiger partial charge in [-0.2, -0.15) is 0 Å². The second-order valence-corrected chi connectivity index (χ2v) is 3.31. The highest BCUT2D eigenvalue weighted by Crippen LogP contribution is 2.22. The Morgan fingerprint density at radius 3 is 1.56 bits per heavy atom. The largest absolute Gasteiger partial charge is 0.273 e. The summed E-state index contributed by atoms with van der Waals surface area (Å²) in [5.41, 5.74) is 0.141. The molecule has 2 rings (SSSR count). The smallest absolute Gasteiger partial charge is 0.258 e. The first kappa shape index (κ1) is 11.6. The van der Waals surface area contributed by atoms with Gasteiger partial charge in [0.2, 0.25) is 0 Å². The fourth-order valence-electron chi connectivity index (χ4n) is 1.35. The average Bonchev–Trinajstić information content (AvgIpc) is 2.39. The first-order chi connectivity index (χ1) is 8.58. The summed E-state index contributed by atoms with van der Waals surface area (Å²) in [4.78, 5) is 27.9. The fraction of sp³-hybridized carbons (Fsp3) is 0. The topological polar surface area (TPSA) is 112 Å². The predicted octanol–water partition coefficient (Wildman–Crippen LogP) is 1.96. The summed E-state index contributed by atoms with van der Waals surface area (Å²) in [7, 11) is 0. The zero-order chi connectivity index (χ0) is 13.1. The molecule has 2 aromatic heterocycles. The van der Waals surface area contributed by atoms with Crippen molar-refractivity contribution in [2.45, 2.75) is 0 Å². The molecule has 18 heavy (non-hydrogen) atoms. The molecule has 2 aromatic rings. The van der Waals surface area contributed by atoms with Crippen molar-refractivity contribution in [2.24, 2.45) is 0 Å². The zero-order valence-electron chi connectivity index (χ0n) is 8.89. The summed E-state index contributed by atoms with van der Waals surface area (Å²) in [6.45, 7) is 0. The van der Waals surface area contributed by atoms with Gasteiger partial charge in [0.15, 0.2) is 0 Å². The van der Waals surface area contributed by atoms with Crippen LogP contribution in [0.5, 0.6) is 0 Å². The van der Waals surface area contributed by atoms with E-state index >= 15 is 0 Å². The molecule has 0 aliphatic rings. The second-order valence-electron chi connectivity index (χ2n) is 3.31. The Labute approximate surface area is 100 Å². The van der Waals surface area contributed by atoms with Crippen LogP contribution in [0.3, 0.4) is 0 Å². The fourth-order valence-corrected chi connectivity index (χ4v) is 1.35. The Morgan fingerprint density at radius 2 is 1.22 bits per heavy atom. The van der Waals surface area contributed by atoms with Gasteiger partial charge < -0.3 is 0 Å². The van der Waals surface area contributed by atoms with E-state index in [-0.39, 0.29) is 22.8 Å². The average molecular weight is 246 g/mol. The minimum Gasteiger partial charge on any atom is -0.258 e. The molecule has 0 aliphatic heterocycles. The van der Waals surface area contributed by atoms with Gasteiger partial charge in [0.25, 0.3) is 11.4 Å². The van der Waals surface area contributed by atoms with Crippen molar-refractivity contribution in [3.8, 4) is 11.4 Å². The number of rotatable bonds is 3. The lowest BCUT2D eigenvalue weighted by Gasteiger charge is -1.99. The standard InChI is InChI=1S/C10H6N4O4/c15-13(16)7-1-3-11-9(5-7)10-6-8(14(17)18)2-4-12-10/h1-6H. The lowest BCUT2D eigenvalue weighted by molar-refractivity contribution is -0.385. The first-order valence-electron chi connectivity index (χ1n) is 4.79. The third-order valence-corrected chi connectivity index (χ3v) is 2.17. The summed E-state index contributed by atoms with van der Waals surface area (Å²) >= 11 is 0. The molecule has 0 spiro atoms. The SMILES string of the molecule is O=[N+]([O-])c1ccnc(-c2cc([N+](=O)[O-])ccn2)c1. The lowest BCUT2D eigenvalue weighted by Crippen LogP contribution is -1.94. The molecule has 0 N–H and O–H groups in total. The van der Waals surface area contributed by atoms with Crippen LogP contribution in [0.15, 0.2) is 36.7 Å². The van der Waals surface area contributed by atoms with Crippen LogP contribution in [0.25, 0.3) is 11.4 Å². The highest BCUT2D eigenvalue weighted by molar-refractivity contribution is 5.59. The number of nitro groups is 2. The van der Waals surface area contributed by atoms with E-state index in [9.17, 15) is 20.2 Å². The van der Waals surface area contributed by atoms with Crippen molar-refractivity contribution < 1.29 is 9.85 Å². The molecule has 0 fully saturated rings. The molecule has 8 heteroatoms. The van der Waals surface area contributed by atoms with Crippen LogP contribution in [0, 0.1) is 20.2 Å². The molecule has 8 nitrogen and oxygen atoms in total. The van der Waals surface area contributed by atoms with Gasteiger partial charge in [0.05, 0.1) is 21.2 Å². The van der Waals surface area contributed by atoms with E-state index in [4.69, 9.17) is 0 Å². The van der Waals surface area contributed by atoms with Gasteiger partial charge in [0.1, 0.15) is 0 Å². The quantitative estimate of drug-likeness (QED) is 0.604. The molecule has 2 heterocycles. The van der Waals surface area contributed by atoms with Crippen LogP contribution in [-0.2, 0) is 0 Å². The molecule has 0 unspecified atom stereocenters. The van der Waals surface area contributed by atoms with Gasteiger partial charge in [-0.3, -0.25) is 30.2 Å². The van der Waals surface area contributed by atoms with E-state index < -0.39 is 9.85 Å². The minimum atomic E-state index is -0.567. The number of hydrogen-bond donors (Lipinski definition) is 0. The van der Waals surface area contributed by atoms with Gasteiger partial charge >= 0.3 is 0 Å². The molecular weight excluding hydrogens is 240 g/mol. The van der Waals surface area contributed by atoms with Crippen LogP contribution < -0.4 is 0 Å². The second kappa shape index (κ2) is 4.53. The predicted molar refractivity (Wildman–Crippen MR) is 60.8 cm³/mol. The number of pyridine rings is 2. The number of hydrogen-bond acceptors (Lipinski definition) is 6. The Morgan fingerprint density at radius 1 is 0.833 bits per heavy atom. The van der Waals surface area contributed by atoms with Crippen molar-refractivity contribution >= 4 is 11.4 Å². The van der Waals surface area contributed by atoms with E-state index in [1.54, 1.807) is 0 Å². The molecule has 0 amide bonds. The summed E-state index contributed by atoms with van der Waals surface area (Å²) in [6.07, 6.45) is 2.52. The van der Waals surface area contributed by atoms with Crippen LogP contribution in [0.4, 0.5) is 11.4 Å². The summed E-state index contributed by atoms with van der Waals surface area (Å²) in [5.74, 6) is 0. The number of nitrogens with zero attached hydrogens (tertiary/aromatic N) is 4. The molecule has 0 aromatic carbocycles. The highest BCUT2D eigenvalue weighted by atomic mass is 16.6. The monoisotopic (exact) mass is 246 g/mol. The number of aromatic nitrogens is 2. The van der Waals surface area contributed by atoms with E-state index in [1.165, 1.54) is 36.7 Å². The molecule has 0 saturated heterocycles. The van der Waals surface area contributed by atoms with E-state index in [1.807, 2.05) is 0 Å². The maximum Gasteiger partial charge on any atom is 0.273 e. The maximum atomic E-state index is 10.6. The van der Waals surface area contributed by atoms with Crippen molar-refractivity contribution in [3.05, 3.63) is 56.9 Å².